The van der Waals surface area contributed by atoms with Crippen LogP contribution in [0, 0.1) is 0 Å². The topological polar surface area (TPSA) is 54.0 Å². The maximum Gasteiger partial charge on any atom is 0.170 e. The summed E-state index contributed by atoms with van der Waals surface area (Å²) in [6.07, 6.45) is 1.55. The molecule has 2 aromatic carbocycles. The van der Waals surface area contributed by atoms with E-state index in [4.69, 9.17) is 18.9 Å². The number of Topliss-reactive ketones (excluding diaryl/α,β-unsaturated/α-hetero) is 1. The molecule has 1 atom stereocenters. The van der Waals surface area contributed by atoms with Gasteiger partial charge >= 0.3 is 0 Å². The van der Waals surface area contributed by atoms with Gasteiger partial charge in [0.05, 0.1) is 28.4 Å². The Labute approximate surface area is 147 Å². The van der Waals surface area contributed by atoms with Crippen LogP contribution in [0.25, 0.3) is 0 Å². The van der Waals surface area contributed by atoms with Gasteiger partial charge in [0.2, 0.25) is 0 Å². The Morgan fingerprint density at radius 3 is 2.04 bits per heavy atom. The number of ether oxygens (including phenoxy) is 4. The lowest BCUT2D eigenvalue weighted by molar-refractivity contribution is 0.0945. The van der Waals surface area contributed by atoms with Crippen molar-refractivity contribution in [1.29, 1.82) is 0 Å². The number of hydrogen-bond acceptors (Lipinski definition) is 5. The normalized spacial score (nSPS) is 16.2. The van der Waals surface area contributed by atoms with Gasteiger partial charge in [-0.25, -0.2) is 0 Å². The summed E-state index contributed by atoms with van der Waals surface area (Å²) in [5.74, 6) is 2.40. The van der Waals surface area contributed by atoms with E-state index in [1.807, 2.05) is 24.3 Å². The molecular formula is C20H22O5. The molecule has 0 saturated heterocycles. The van der Waals surface area contributed by atoms with E-state index in [0.29, 0.717) is 28.6 Å². The highest BCUT2D eigenvalue weighted by molar-refractivity contribution is 6.03. The van der Waals surface area contributed by atoms with E-state index < -0.39 is 0 Å². The molecule has 5 nitrogen and oxygen atoms in total. The lowest BCUT2D eigenvalue weighted by Crippen LogP contribution is -2.21. The first-order valence-electron chi connectivity index (χ1n) is 8.14. The van der Waals surface area contributed by atoms with E-state index in [1.165, 1.54) is 0 Å². The Balaban J connectivity index is 1.99. The average molecular weight is 342 g/mol. The highest BCUT2D eigenvalue weighted by Gasteiger charge is 2.30. The predicted molar refractivity (Wildman–Crippen MR) is 94.5 cm³/mol. The van der Waals surface area contributed by atoms with E-state index >= 15 is 0 Å². The summed E-state index contributed by atoms with van der Waals surface area (Å²) in [7, 11) is 6.36. The lowest BCUT2D eigenvalue weighted by Gasteiger charge is -2.25. The van der Waals surface area contributed by atoms with Gasteiger partial charge in [0.15, 0.2) is 28.8 Å². The summed E-state index contributed by atoms with van der Waals surface area (Å²) in [6.45, 7) is 0. The van der Waals surface area contributed by atoms with Gasteiger partial charge in [0.1, 0.15) is 0 Å². The predicted octanol–water partition coefficient (Wildman–Crippen LogP) is 3.63. The third-order valence-electron chi connectivity index (χ3n) is 4.70. The second-order valence-corrected chi connectivity index (χ2v) is 5.93. The molecule has 1 aliphatic rings. The molecule has 3 rings (SSSR count). The number of hydrogen-bond donors (Lipinski definition) is 0. The third-order valence-corrected chi connectivity index (χ3v) is 4.70. The molecule has 0 spiro atoms. The van der Waals surface area contributed by atoms with Crippen molar-refractivity contribution in [3.8, 4) is 23.0 Å². The van der Waals surface area contributed by atoms with Crippen molar-refractivity contribution in [3.05, 3.63) is 47.0 Å². The molecular weight excluding hydrogens is 320 g/mol. The van der Waals surface area contributed by atoms with Gasteiger partial charge in [-0.3, -0.25) is 4.79 Å². The van der Waals surface area contributed by atoms with Crippen molar-refractivity contribution in [1.82, 2.24) is 0 Å². The number of benzene rings is 2. The van der Waals surface area contributed by atoms with E-state index in [0.717, 1.165) is 24.0 Å². The van der Waals surface area contributed by atoms with Crippen molar-refractivity contribution >= 4 is 5.78 Å². The fourth-order valence-corrected chi connectivity index (χ4v) is 3.36. The van der Waals surface area contributed by atoms with Gasteiger partial charge in [0, 0.05) is 11.5 Å². The first-order chi connectivity index (χ1) is 12.1. The van der Waals surface area contributed by atoms with Crippen LogP contribution in [-0.4, -0.2) is 34.2 Å². The summed E-state index contributed by atoms with van der Waals surface area (Å²) in [6, 6.07) is 9.33. The number of fused-ring (bicyclic) bond motifs is 1. The number of carbonyl (C=O) groups is 1. The molecule has 132 valence electrons. The van der Waals surface area contributed by atoms with E-state index in [2.05, 4.69) is 0 Å². The smallest absolute Gasteiger partial charge is 0.170 e. The van der Waals surface area contributed by atoms with Gasteiger partial charge < -0.3 is 18.9 Å². The Morgan fingerprint density at radius 1 is 0.800 bits per heavy atom. The largest absolute Gasteiger partial charge is 0.493 e. The Kier molecular flexibility index (Phi) is 4.83. The number of carbonyl (C=O) groups excluding carboxylic acids is 1. The van der Waals surface area contributed by atoms with Crippen LogP contribution in [0.5, 0.6) is 23.0 Å². The molecule has 0 amide bonds. The van der Waals surface area contributed by atoms with Crippen molar-refractivity contribution in [2.75, 3.05) is 28.4 Å². The van der Waals surface area contributed by atoms with Crippen molar-refractivity contribution in [2.24, 2.45) is 0 Å². The molecule has 2 aromatic rings. The zero-order valence-electron chi connectivity index (χ0n) is 14.9. The van der Waals surface area contributed by atoms with Crippen molar-refractivity contribution in [3.63, 3.8) is 0 Å². The highest BCUT2D eigenvalue weighted by Crippen LogP contribution is 2.40. The van der Waals surface area contributed by atoms with Crippen LogP contribution in [0.3, 0.4) is 0 Å². The van der Waals surface area contributed by atoms with E-state index in [1.54, 1.807) is 34.5 Å². The molecule has 0 radical (unpaired) electrons. The zero-order chi connectivity index (χ0) is 18.0. The summed E-state index contributed by atoms with van der Waals surface area (Å²) in [5, 5.41) is 0. The van der Waals surface area contributed by atoms with Crippen LogP contribution < -0.4 is 18.9 Å². The molecule has 0 unspecified atom stereocenters. The molecule has 0 saturated carbocycles. The standard InChI is InChI=1S/C20H22O5/c1-22-16-8-6-12(9-17(16)23-2)14-7-5-13-10-18(24-3)19(25-4)11-15(13)20(14)21/h6,8-11,14H,5,7H2,1-4H3/t14-/m0/s1. The quantitative estimate of drug-likeness (QED) is 0.830. The maximum absolute atomic E-state index is 13.1. The molecule has 5 heteroatoms. The number of methoxy groups -OCH3 is 4. The highest BCUT2D eigenvalue weighted by atomic mass is 16.5. The SMILES string of the molecule is COc1ccc([C@@H]2CCc3cc(OC)c(OC)cc3C2=O)cc1OC. The van der Waals surface area contributed by atoms with Crippen LogP contribution in [0.1, 0.15) is 33.8 Å². The van der Waals surface area contributed by atoms with Crippen LogP contribution in [-0.2, 0) is 6.42 Å². The van der Waals surface area contributed by atoms with Gasteiger partial charge in [-0.1, -0.05) is 6.07 Å². The van der Waals surface area contributed by atoms with Crippen molar-refractivity contribution < 1.29 is 23.7 Å². The molecule has 0 aromatic heterocycles. The molecule has 0 bridgehead atoms. The first-order valence-corrected chi connectivity index (χ1v) is 8.14. The minimum Gasteiger partial charge on any atom is -0.493 e. The maximum atomic E-state index is 13.1. The Hall–Kier alpha value is -2.69. The minimum absolute atomic E-state index is 0.0921. The fourth-order valence-electron chi connectivity index (χ4n) is 3.36. The van der Waals surface area contributed by atoms with Gasteiger partial charge in [0.25, 0.3) is 0 Å². The number of rotatable bonds is 5. The average Bonchev–Trinajstić information content (AvgIpc) is 2.66. The van der Waals surface area contributed by atoms with E-state index in [9.17, 15) is 4.79 Å². The second-order valence-electron chi connectivity index (χ2n) is 5.93. The molecule has 1 aliphatic carbocycles. The molecule has 0 N–H and O–H groups in total. The summed E-state index contributed by atoms with van der Waals surface area (Å²) < 4.78 is 21.3. The van der Waals surface area contributed by atoms with Crippen molar-refractivity contribution in [2.45, 2.75) is 18.8 Å². The molecule has 25 heavy (non-hydrogen) atoms. The Morgan fingerprint density at radius 2 is 1.40 bits per heavy atom. The molecule has 0 heterocycles. The Bertz CT molecular complexity index is 797. The third kappa shape index (κ3) is 3.02. The second kappa shape index (κ2) is 7.05. The number of aryl methyl sites for hydroxylation is 1. The summed E-state index contributed by atoms with van der Waals surface area (Å²) in [4.78, 5) is 13.1. The zero-order valence-corrected chi connectivity index (χ0v) is 14.9. The summed E-state index contributed by atoms with van der Waals surface area (Å²) >= 11 is 0. The monoisotopic (exact) mass is 342 g/mol. The van der Waals surface area contributed by atoms with Crippen LogP contribution in [0.15, 0.2) is 30.3 Å². The number of ketones is 1. The first kappa shape index (κ1) is 17.1. The summed E-state index contributed by atoms with van der Waals surface area (Å²) in [5.41, 5.74) is 2.63. The van der Waals surface area contributed by atoms with Gasteiger partial charge in [-0.15, -0.1) is 0 Å². The molecule has 0 fully saturated rings. The van der Waals surface area contributed by atoms with Crippen LogP contribution in [0.4, 0.5) is 0 Å². The van der Waals surface area contributed by atoms with E-state index in [-0.39, 0.29) is 11.7 Å². The fraction of sp³-hybridized carbons (Fsp3) is 0.350. The van der Waals surface area contributed by atoms with Gasteiger partial charge in [-0.05, 0) is 48.2 Å². The molecule has 0 aliphatic heterocycles. The minimum atomic E-state index is -0.203. The van der Waals surface area contributed by atoms with Gasteiger partial charge in [-0.2, -0.15) is 0 Å². The van der Waals surface area contributed by atoms with Crippen LogP contribution in [0.2, 0.25) is 0 Å². The van der Waals surface area contributed by atoms with Crippen LogP contribution >= 0.6 is 0 Å². The lowest BCUT2D eigenvalue weighted by atomic mass is 9.79.